The molecule has 0 radical (unpaired) electrons. The standard InChI is InChI=1S/C16H26N2O3/c1-3-20-14-6-8-15(9-7-14)21-12-4-5-16(19)18-11-10-13(2)17/h6-9,13H,3-5,10-12,17H2,1-2H3,(H,18,19). The Morgan fingerprint density at radius 2 is 1.86 bits per heavy atom. The van der Waals surface area contributed by atoms with E-state index in [1.165, 1.54) is 0 Å². The van der Waals surface area contributed by atoms with Crippen LogP contribution in [0.1, 0.15) is 33.1 Å². The van der Waals surface area contributed by atoms with Crippen LogP contribution in [0, 0.1) is 0 Å². The van der Waals surface area contributed by atoms with E-state index in [0.29, 0.717) is 32.6 Å². The Labute approximate surface area is 126 Å². The van der Waals surface area contributed by atoms with Gasteiger partial charge in [-0.1, -0.05) is 0 Å². The molecule has 5 nitrogen and oxygen atoms in total. The Morgan fingerprint density at radius 1 is 1.24 bits per heavy atom. The topological polar surface area (TPSA) is 73.6 Å². The molecular formula is C16H26N2O3. The van der Waals surface area contributed by atoms with E-state index in [4.69, 9.17) is 15.2 Å². The molecule has 1 amide bonds. The lowest BCUT2D eigenvalue weighted by atomic mass is 10.2. The minimum atomic E-state index is 0.0472. The quantitative estimate of drug-likeness (QED) is 0.648. The van der Waals surface area contributed by atoms with Crippen molar-refractivity contribution >= 4 is 5.91 Å². The van der Waals surface area contributed by atoms with Gasteiger partial charge in [0.25, 0.3) is 0 Å². The lowest BCUT2D eigenvalue weighted by Crippen LogP contribution is -2.28. The zero-order valence-corrected chi connectivity index (χ0v) is 12.9. The highest BCUT2D eigenvalue weighted by molar-refractivity contribution is 5.75. The number of rotatable bonds is 10. The molecule has 0 saturated carbocycles. The lowest BCUT2D eigenvalue weighted by molar-refractivity contribution is -0.121. The Kier molecular flexibility index (Phi) is 8.28. The molecule has 0 fully saturated rings. The van der Waals surface area contributed by atoms with Gasteiger partial charge in [-0.15, -0.1) is 0 Å². The Balaban J connectivity index is 2.11. The number of ether oxygens (including phenoxy) is 2. The number of nitrogens with one attached hydrogen (secondary N) is 1. The summed E-state index contributed by atoms with van der Waals surface area (Å²) in [5, 5.41) is 2.84. The third-order valence-corrected chi connectivity index (χ3v) is 2.87. The normalized spacial score (nSPS) is 11.8. The van der Waals surface area contributed by atoms with Gasteiger partial charge in [-0.05, 0) is 51.0 Å². The summed E-state index contributed by atoms with van der Waals surface area (Å²) in [5.74, 6) is 1.67. The molecule has 1 aromatic carbocycles. The van der Waals surface area contributed by atoms with Gasteiger partial charge in [0.1, 0.15) is 11.5 Å². The number of amides is 1. The van der Waals surface area contributed by atoms with Gasteiger partial charge in [-0.3, -0.25) is 4.79 Å². The highest BCUT2D eigenvalue weighted by atomic mass is 16.5. The third kappa shape index (κ3) is 8.19. The number of benzene rings is 1. The van der Waals surface area contributed by atoms with Crippen molar-refractivity contribution < 1.29 is 14.3 Å². The van der Waals surface area contributed by atoms with E-state index in [0.717, 1.165) is 17.9 Å². The van der Waals surface area contributed by atoms with Gasteiger partial charge in [0.15, 0.2) is 0 Å². The minimum Gasteiger partial charge on any atom is -0.494 e. The van der Waals surface area contributed by atoms with Gasteiger partial charge in [0.05, 0.1) is 13.2 Å². The van der Waals surface area contributed by atoms with Crippen LogP contribution in [0.5, 0.6) is 11.5 Å². The molecular weight excluding hydrogens is 268 g/mol. The first-order valence-electron chi connectivity index (χ1n) is 7.49. The maximum Gasteiger partial charge on any atom is 0.220 e. The van der Waals surface area contributed by atoms with Crippen molar-refractivity contribution in [2.45, 2.75) is 39.2 Å². The summed E-state index contributed by atoms with van der Waals surface area (Å²) in [7, 11) is 0. The number of hydrogen-bond donors (Lipinski definition) is 2. The van der Waals surface area contributed by atoms with Gasteiger partial charge in [0, 0.05) is 19.0 Å². The van der Waals surface area contributed by atoms with Crippen LogP contribution in [0.2, 0.25) is 0 Å². The Bertz CT molecular complexity index is 404. The van der Waals surface area contributed by atoms with Crippen molar-refractivity contribution in [3.8, 4) is 11.5 Å². The summed E-state index contributed by atoms with van der Waals surface area (Å²) >= 11 is 0. The molecule has 5 heteroatoms. The SMILES string of the molecule is CCOc1ccc(OCCCC(=O)NCCC(C)N)cc1. The van der Waals surface area contributed by atoms with Crippen molar-refractivity contribution in [2.24, 2.45) is 5.73 Å². The second kappa shape index (κ2) is 10.0. The Morgan fingerprint density at radius 3 is 2.43 bits per heavy atom. The number of nitrogens with two attached hydrogens (primary N) is 1. The fourth-order valence-corrected chi connectivity index (χ4v) is 1.75. The summed E-state index contributed by atoms with van der Waals surface area (Å²) in [4.78, 5) is 11.5. The Hall–Kier alpha value is -1.75. The maximum absolute atomic E-state index is 11.5. The highest BCUT2D eigenvalue weighted by Gasteiger charge is 2.02. The predicted molar refractivity (Wildman–Crippen MR) is 83.6 cm³/mol. The van der Waals surface area contributed by atoms with Gasteiger partial charge in [0.2, 0.25) is 5.91 Å². The van der Waals surface area contributed by atoms with Crippen molar-refractivity contribution in [2.75, 3.05) is 19.8 Å². The van der Waals surface area contributed by atoms with Crippen molar-refractivity contribution in [1.82, 2.24) is 5.32 Å². The van der Waals surface area contributed by atoms with E-state index >= 15 is 0 Å². The predicted octanol–water partition coefficient (Wildman–Crippen LogP) is 2.10. The molecule has 1 atom stereocenters. The van der Waals surface area contributed by atoms with E-state index in [9.17, 15) is 4.79 Å². The van der Waals surface area contributed by atoms with E-state index in [1.54, 1.807) is 0 Å². The average Bonchev–Trinajstić information content (AvgIpc) is 2.45. The van der Waals surface area contributed by atoms with E-state index in [2.05, 4.69) is 5.32 Å². The van der Waals surface area contributed by atoms with Crippen molar-refractivity contribution in [3.63, 3.8) is 0 Å². The first-order valence-corrected chi connectivity index (χ1v) is 7.49. The molecule has 0 bridgehead atoms. The van der Waals surface area contributed by atoms with Gasteiger partial charge in [-0.2, -0.15) is 0 Å². The van der Waals surface area contributed by atoms with Gasteiger partial charge in [-0.25, -0.2) is 0 Å². The molecule has 1 unspecified atom stereocenters. The largest absolute Gasteiger partial charge is 0.494 e. The molecule has 0 aliphatic heterocycles. The maximum atomic E-state index is 11.5. The van der Waals surface area contributed by atoms with Crippen LogP contribution in [0.15, 0.2) is 24.3 Å². The van der Waals surface area contributed by atoms with E-state index < -0.39 is 0 Å². The zero-order chi connectivity index (χ0) is 15.5. The molecule has 0 saturated heterocycles. The van der Waals surface area contributed by atoms with Crippen LogP contribution < -0.4 is 20.5 Å². The average molecular weight is 294 g/mol. The van der Waals surface area contributed by atoms with Crippen LogP contribution in [0.25, 0.3) is 0 Å². The molecule has 0 spiro atoms. The smallest absolute Gasteiger partial charge is 0.220 e. The molecule has 0 aromatic heterocycles. The minimum absolute atomic E-state index is 0.0472. The number of carbonyl (C=O) groups excluding carboxylic acids is 1. The fraction of sp³-hybridized carbons (Fsp3) is 0.562. The molecule has 1 rings (SSSR count). The molecule has 1 aromatic rings. The van der Waals surface area contributed by atoms with E-state index in [-0.39, 0.29) is 11.9 Å². The van der Waals surface area contributed by atoms with Crippen molar-refractivity contribution in [3.05, 3.63) is 24.3 Å². The second-order valence-electron chi connectivity index (χ2n) is 4.97. The first-order chi connectivity index (χ1) is 10.1. The van der Waals surface area contributed by atoms with Crippen LogP contribution >= 0.6 is 0 Å². The van der Waals surface area contributed by atoms with Gasteiger partial charge < -0.3 is 20.5 Å². The monoisotopic (exact) mass is 294 g/mol. The van der Waals surface area contributed by atoms with Crippen molar-refractivity contribution in [1.29, 1.82) is 0 Å². The van der Waals surface area contributed by atoms with Crippen LogP contribution in [0.3, 0.4) is 0 Å². The molecule has 3 N–H and O–H groups in total. The summed E-state index contributed by atoms with van der Waals surface area (Å²) in [6.07, 6.45) is 1.96. The lowest BCUT2D eigenvalue weighted by Gasteiger charge is -2.09. The zero-order valence-electron chi connectivity index (χ0n) is 12.9. The summed E-state index contributed by atoms with van der Waals surface area (Å²) in [6, 6.07) is 7.61. The molecule has 0 aliphatic rings. The van der Waals surface area contributed by atoms with Crippen LogP contribution in [-0.4, -0.2) is 31.7 Å². The fourth-order valence-electron chi connectivity index (χ4n) is 1.75. The number of hydrogen-bond acceptors (Lipinski definition) is 4. The second-order valence-corrected chi connectivity index (χ2v) is 4.97. The summed E-state index contributed by atoms with van der Waals surface area (Å²) in [5.41, 5.74) is 5.61. The molecule has 21 heavy (non-hydrogen) atoms. The molecule has 0 aliphatic carbocycles. The highest BCUT2D eigenvalue weighted by Crippen LogP contribution is 2.17. The summed E-state index contributed by atoms with van der Waals surface area (Å²) in [6.45, 7) is 5.68. The van der Waals surface area contributed by atoms with E-state index in [1.807, 2.05) is 38.1 Å². The van der Waals surface area contributed by atoms with Gasteiger partial charge >= 0.3 is 0 Å². The molecule has 118 valence electrons. The molecule has 0 heterocycles. The third-order valence-electron chi connectivity index (χ3n) is 2.87. The van der Waals surface area contributed by atoms with Crippen LogP contribution in [-0.2, 0) is 4.79 Å². The summed E-state index contributed by atoms with van der Waals surface area (Å²) < 4.78 is 10.9. The number of carbonyl (C=O) groups is 1. The van der Waals surface area contributed by atoms with Crippen LogP contribution in [0.4, 0.5) is 0 Å². The first kappa shape index (κ1) is 17.3.